The molecular weight excluding hydrogens is 472 g/mol. The van der Waals surface area contributed by atoms with Gasteiger partial charge in [0.2, 0.25) is 12.7 Å². The maximum atomic E-state index is 12.6. The highest BCUT2D eigenvalue weighted by molar-refractivity contribution is 7.99. The van der Waals surface area contributed by atoms with Crippen molar-refractivity contribution in [1.82, 2.24) is 20.1 Å². The molecule has 1 aromatic heterocycles. The fraction of sp³-hybridized carbons (Fsp3) is 0.160. The summed E-state index contributed by atoms with van der Waals surface area (Å²) in [6, 6.07) is 21.2. The van der Waals surface area contributed by atoms with E-state index in [-0.39, 0.29) is 18.5 Å². The van der Waals surface area contributed by atoms with E-state index in [1.165, 1.54) is 11.8 Å². The molecule has 0 spiro atoms. The molecule has 7 nitrogen and oxygen atoms in total. The van der Waals surface area contributed by atoms with Crippen molar-refractivity contribution in [2.24, 2.45) is 0 Å². The largest absolute Gasteiger partial charge is 0.454 e. The summed E-state index contributed by atoms with van der Waals surface area (Å²) in [5.74, 6) is 2.20. The first-order valence-electron chi connectivity index (χ1n) is 10.6. The van der Waals surface area contributed by atoms with E-state index in [1.54, 1.807) is 0 Å². The van der Waals surface area contributed by atoms with Crippen LogP contribution in [0.25, 0.3) is 17.1 Å². The predicted octanol–water partition coefficient (Wildman–Crippen LogP) is 5.03. The number of nitrogens with one attached hydrogen (secondary N) is 1. The molecule has 1 aliphatic heterocycles. The van der Waals surface area contributed by atoms with Crippen molar-refractivity contribution in [3.63, 3.8) is 0 Å². The molecule has 0 atom stereocenters. The second-order valence-corrected chi connectivity index (χ2v) is 9.12. The van der Waals surface area contributed by atoms with E-state index in [0.29, 0.717) is 28.3 Å². The number of thioether (sulfide) groups is 1. The first kappa shape index (κ1) is 22.3. The third-order valence-corrected chi connectivity index (χ3v) is 6.47. The summed E-state index contributed by atoms with van der Waals surface area (Å²) < 4.78 is 12.7. The van der Waals surface area contributed by atoms with Gasteiger partial charge in [-0.2, -0.15) is 0 Å². The topological polar surface area (TPSA) is 78.3 Å². The Morgan fingerprint density at radius 1 is 1.03 bits per heavy atom. The van der Waals surface area contributed by atoms with E-state index in [0.717, 1.165) is 28.1 Å². The van der Waals surface area contributed by atoms with Crippen molar-refractivity contribution in [2.75, 3.05) is 12.5 Å². The van der Waals surface area contributed by atoms with Crippen LogP contribution in [0.2, 0.25) is 5.02 Å². The number of fused-ring (bicyclic) bond motifs is 1. The number of aromatic nitrogens is 3. The van der Waals surface area contributed by atoms with Gasteiger partial charge in [-0.1, -0.05) is 47.1 Å². The molecule has 1 N–H and O–H groups in total. The highest BCUT2D eigenvalue weighted by atomic mass is 35.5. The van der Waals surface area contributed by atoms with Crippen LogP contribution in [0.5, 0.6) is 11.5 Å². The molecule has 0 radical (unpaired) electrons. The second kappa shape index (κ2) is 9.79. The fourth-order valence-corrected chi connectivity index (χ4v) is 4.42. The number of amides is 1. The van der Waals surface area contributed by atoms with Gasteiger partial charge < -0.3 is 14.8 Å². The van der Waals surface area contributed by atoms with Gasteiger partial charge in [0.1, 0.15) is 0 Å². The number of rotatable bonds is 7. The second-order valence-electron chi connectivity index (χ2n) is 7.74. The molecule has 1 amide bonds. The van der Waals surface area contributed by atoms with Crippen LogP contribution in [0, 0.1) is 6.92 Å². The van der Waals surface area contributed by atoms with Crippen molar-refractivity contribution < 1.29 is 14.3 Å². The van der Waals surface area contributed by atoms with E-state index < -0.39 is 0 Å². The number of carbonyl (C=O) groups excluding carboxylic acids is 1. The Morgan fingerprint density at radius 3 is 2.59 bits per heavy atom. The highest BCUT2D eigenvalue weighted by Crippen LogP contribution is 2.32. The number of ether oxygens (including phenoxy) is 2. The van der Waals surface area contributed by atoms with Crippen molar-refractivity contribution in [3.8, 4) is 28.6 Å². The Balaban J connectivity index is 1.31. The Morgan fingerprint density at radius 2 is 1.79 bits per heavy atom. The smallest absolute Gasteiger partial charge is 0.231 e. The molecule has 0 aliphatic carbocycles. The maximum absolute atomic E-state index is 12.6. The first-order valence-corrected chi connectivity index (χ1v) is 12.0. The molecule has 172 valence electrons. The van der Waals surface area contributed by atoms with Crippen LogP contribution in [0.4, 0.5) is 0 Å². The SMILES string of the molecule is Cc1ccc(-n2c(SCC(=O)NCc3ccc4c(c3)OCO4)nnc2-c2ccc(Cl)cc2)cc1. The van der Waals surface area contributed by atoms with Gasteiger partial charge in [0.15, 0.2) is 22.5 Å². The molecule has 2 heterocycles. The van der Waals surface area contributed by atoms with Gasteiger partial charge in [-0.25, -0.2) is 0 Å². The lowest BCUT2D eigenvalue weighted by Gasteiger charge is -2.11. The van der Waals surface area contributed by atoms with E-state index in [9.17, 15) is 4.79 Å². The van der Waals surface area contributed by atoms with E-state index in [1.807, 2.05) is 78.2 Å². The number of hydrogen-bond acceptors (Lipinski definition) is 6. The van der Waals surface area contributed by atoms with Gasteiger partial charge in [0.25, 0.3) is 0 Å². The number of aryl methyl sites for hydroxylation is 1. The molecule has 3 aromatic carbocycles. The average molecular weight is 493 g/mol. The number of hydrogen-bond donors (Lipinski definition) is 1. The molecule has 34 heavy (non-hydrogen) atoms. The van der Waals surface area contributed by atoms with Gasteiger partial charge in [0, 0.05) is 22.8 Å². The van der Waals surface area contributed by atoms with Gasteiger partial charge in [-0.15, -0.1) is 10.2 Å². The molecule has 0 bridgehead atoms. The third-order valence-electron chi connectivity index (χ3n) is 5.29. The lowest BCUT2D eigenvalue weighted by Crippen LogP contribution is -2.24. The van der Waals surface area contributed by atoms with Gasteiger partial charge in [-0.3, -0.25) is 9.36 Å². The predicted molar refractivity (Wildman–Crippen MR) is 132 cm³/mol. The summed E-state index contributed by atoms with van der Waals surface area (Å²) in [6.45, 7) is 2.66. The van der Waals surface area contributed by atoms with Gasteiger partial charge in [0.05, 0.1) is 5.75 Å². The molecule has 0 saturated heterocycles. The third kappa shape index (κ3) is 4.88. The zero-order valence-corrected chi connectivity index (χ0v) is 19.9. The molecule has 4 aromatic rings. The number of carbonyl (C=O) groups is 1. The lowest BCUT2D eigenvalue weighted by molar-refractivity contribution is -0.118. The lowest BCUT2D eigenvalue weighted by atomic mass is 10.2. The Hall–Kier alpha value is -3.49. The number of benzene rings is 3. The van der Waals surface area contributed by atoms with E-state index in [2.05, 4.69) is 15.5 Å². The quantitative estimate of drug-likeness (QED) is 0.364. The summed E-state index contributed by atoms with van der Waals surface area (Å²) in [5.41, 5.74) is 3.90. The minimum Gasteiger partial charge on any atom is -0.454 e. The summed E-state index contributed by atoms with van der Waals surface area (Å²) in [6.07, 6.45) is 0. The summed E-state index contributed by atoms with van der Waals surface area (Å²) in [7, 11) is 0. The average Bonchev–Trinajstić information content (AvgIpc) is 3.49. The standard InChI is InChI=1S/C25H21ClN4O3S/c1-16-2-9-20(10-3-16)30-24(18-5-7-19(26)8-6-18)28-29-25(30)34-14-23(31)27-13-17-4-11-21-22(12-17)33-15-32-21/h2-12H,13-15H2,1H3,(H,27,31). The highest BCUT2D eigenvalue weighted by Gasteiger charge is 2.18. The van der Waals surface area contributed by atoms with Gasteiger partial charge >= 0.3 is 0 Å². The first-order chi connectivity index (χ1) is 16.6. The zero-order valence-electron chi connectivity index (χ0n) is 18.3. The zero-order chi connectivity index (χ0) is 23.5. The molecule has 1 aliphatic rings. The monoisotopic (exact) mass is 492 g/mol. The minimum atomic E-state index is -0.103. The van der Waals surface area contributed by atoms with Crippen molar-refractivity contribution >= 4 is 29.3 Å². The molecular formula is C25H21ClN4O3S. The van der Waals surface area contributed by atoms with Crippen molar-refractivity contribution in [2.45, 2.75) is 18.6 Å². The van der Waals surface area contributed by atoms with E-state index in [4.69, 9.17) is 21.1 Å². The number of nitrogens with zero attached hydrogens (tertiary/aromatic N) is 3. The van der Waals surface area contributed by atoms with Crippen LogP contribution in [-0.4, -0.2) is 33.2 Å². The van der Waals surface area contributed by atoms with Crippen molar-refractivity contribution in [3.05, 3.63) is 82.9 Å². The summed E-state index contributed by atoms with van der Waals surface area (Å²) >= 11 is 7.39. The van der Waals surface area contributed by atoms with Crippen LogP contribution in [-0.2, 0) is 11.3 Å². The fourth-order valence-electron chi connectivity index (χ4n) is 3.51. The molecule has 9 heteroatoms. The van der Waals surface area contributed by atoms with Crippen LogP contribution < -0.4 is 14.8 Å². The minimum absolute atomic E-state index is 0.103. The Kier molecular flexibility index (Phi) is 6.42. The van der Waals surface area contributed by atoms with Crippen LogP contribution in [0.1, 0.15) is 11.1 Å². The molecule has 5 rings (SSSR count). The normalized spacial score (nSPS) is 12.1. The van der Waals surface area contributed by atoms with Crippen LogP contribution >= 0.6 is 23.4 Å². The summed E-state index contributed by atoms with van der Waals surface area (Å²) in [4.78, 5) is 12.6. The maximum Gasteiger partial charge on any atom is 0.231 e. The van der Waals surface area contributed by atoms with Crippen molar-refractivity contribution in [1.29, 1.82) is 0 Å². The Labute approximate surface area is 206 Å². The molecule has 0 saturated carbocycles. The van der Waals surface area contributed by atoms with Crippen LogP contribution in [0.3, 0.4) is 0 Å². The van der Waals surface area contributed by atoms with E-state index >= 15 is 0 Å². The Bertz CT molecular complexity index is 1320. The molecule has 0 unspecified atom stereocenters. The molecule has 0 fully saturated rings. The van der Waals surface area contributed by atoms with Gasteiger partial charge in [-0.05, 0) is 61.0 Å². The summed E-state index contributed by atoms with van der Waals surface area (Å²) in [5, 5.41) is 13.0. The number of halogens is 1. The van der Waals surface area contributed by atoms with Crippen LogP contribution in [0.15, 0.2) is 71.9 Å².